The molecular formula is C15H16N2O4. The number of nitrogens with zero attached hydrogens (tertiary/aromatic N) is 1. The van der Waals surface area contributed by atoms with Gasteiger partial charge in [0.25, 0.3) is 5.56 Å². The van der Waals surface area contributed by atoms with E-state index in [1.165, 1.54) is 0 Å². The molecule has 110 valence electrons. The van der Waals surface area contributed by atoms with Crippen LogP contribution in [-0.4, -0.2) is 30.8 Å². The lowest BCUT2D eigenvalue weighted by Gasteiger charge is -2.16. The number of H-pyrrole nitrogens is 1. The lowest BCUT2D eigenvalue weighted by molar-refractivity contribution is 0.108. The van der Waals surface area contributed by atoms with Crippen molar-refractivity contribution in [2.45, 2.75) is 13.0 Å². The van der Waals surface area contributed by atoms with Crippen molar-refractivity contribution < 1.29 is 14.2 Å². The van der Waals surface area contributed by atoms with Gasteiger partial charge in [-0.25, -0.2) is 4.98 Å². The average molecular weight is 288 g/mol. The molecule has 2 aromatic rings. The number of hydrogen-bond donors (Lipinski definition) is 1. The summed E-state index contributed by atoms with van der Waals surface area (Å²) in [5.74, 6) is 1.76. The second-order valence-electron chi connectivity index (χ2n) is 4.71. The van der Waals surface area contributed by atoms with Crippen LogP contribution >= 0.6 is 0 Å². The Balaban J connectivity index is 2.08. The molecule has 6 heteroatoms. The van der Waals surface area contributed by atoms with E-state index in [1.54, 1.807) is 26.4 Å². The second kappa shape index (κ2) is 5.57. The monoisotopic (exact) mass is 288 g/mol. The summed E-state index contributed by atoms with van der Waals surface area (Å²) in [6.07, 6.45) is 0.652. The molecule has 1 aromatic heterocycles. The maximum absolute atomic E-state index is 12.1. The summed E-state index contributed by atoms with van der Waals surface area (Å²) in [6.45, 7) is 0.915. The molecule has 1 N–H and O–H groups in total. The van der Waals surface area contributed by atoms with Crippen LogP contribution in [-0.2, 0) is 17.8 Å². The van der Waals surface area contributed by atoms with Crippen LogP contribution in [0.3, 0.4) is 0 Å². The van der Waals surface area contributed by atoms with Gasteiger partial charge in [0.1, 0.15) is 5.82 Å². The number of fused-ring (bicyclic) bond motifs is 1. The summed E-state index contributed by atoms with van der Waals surface area (Å²) >= 11 is 0. The van der Waals surface area contributed by atoms with E-state index in [0.29, 0.717) is 42.5 Å². The number of ether oxygens (including phenoxy) is 3. The van der Waals surface area contributed by atoms with E-state index in [0.717, 1.165) is 11.3 Å². The van der Waals surface area contributed by atoms with Crippen LogP contribution in [0.2, 0.25) is 0 Å². The third-order valence-electron chi connectivity index (χ3n) is 3.49. The van der Waals surface area contributed by atoms with Crippen LogP contribution in [0.4, 0.5) is 0 Å². The fourth-order valence-electron chi connectivity index (χ4n) is 2.36. The summed E-state index contributed by atoms with van der Waals surface area (Å²) in [5.41, 5.74) is 2.05. The molecule has 0 atom stereocenters. The van der Waals surface area contributed by atoms with Gasteiger partial charge in [0.15, 0.2) is 11.5 Å². The van der Waals surface area contributed by atoms with E-state index in [9.17, 15) is 4.79 Å². The number of rotatable bonds is 3. The van der Waals surface area contributed by atoms with E-state index in [1.807, 2.05) is 6.07 Å². The molecule has 0 fully saturated rings. The fraction of sp³-hybridized carbons (Fsp3) is 0.333. The smallest absolute Gasteiger partial charge is 0.256 e. The zero-order valence-electron chi connectivity index (χ0n) is 11.9. The summed E-state index contributed by atoms with van der Waals surface area (Å²) in [7, 11) is 3.15. The first-order valence-electron chi connectivity index (χ1n) is 6.65. The molecule has 0 unspecified atom stereocenters. The number of hydrogen-bond acceptors (Lipinski definition) is 5. The highest BCUT2D eigenvalue weighted by Crippen LogP contribution is 2.31. The Hall–Kier alpha value is -2.34. The van der Waals surface area contributed by atoms with Gasteiger partial charge < -0.3 is 19.2 Å². The van der Waals surface area contributed by atoms with E-state index in [-0.39, 0.29) is 5.56 Å². The number of nitrogens with one attached hydrogen (secondary N) is 1. The van der Waals surface area contributed by atoms with Crippen molar-refractivity contribution in [1.82, 2.24) is 9.97 Å². The molecule has 0 spiro atoms. The zero-order valence-corrected chi connectivity index (χ0v) is 11.9. The van der Waals surface area contributed by atoms with Gasteiger partial charge in [0.05, 0.1) is 38.7 Å². The van der Waals surface area contributed by atoms with Crippen LogP contribution in [0.1, 0.15) is 11.3 Å². The van der Waals surface area contributed by atoms with E-state index >= 15 is 0 Å². The first kappa shape index (κ1) is 13.6. The molecule has 0 radical (unpaired) electrons. The molecule has 21 heavy (non-hydrogen) atoms. The lowest BCUT2D eigenvalue weighted by Crippen LogP contribution is -2.24. The summed E-state index contributed by atoms with van der Waals surface area (Å²) in [4.78, 5) is 19.4. The lowest BCUT2D eigenvalue weighted by atomic mass is 10.1. The van der Waals surface area contributed by atoms with E-state index < -0.39 is 0 Å². The largest absolute Gasteiger partial charge is 0.493 e. The predicted molar refractivity (Wildman–Crippen MR) is 76.8 cm³/mol. The minimum atomic E-state index is -0.149. The topological polar surface area (TPSA) is 73.4 Å². The first-order chi connectivity index (χ1) is 10.2. The number of methoxy groups -OCH3 is 2. The highest BCUT2D eigenvalue weighted by molar-refractivity contribution is 5.61. The third kappa shape index (κ3) is 2.50. The van der Waals surface area contributed by atoms with Gasteiger partial charge in [-0.05, 0) is 18.2 Å². The molecule has 0 bridgehead atoms. The Morgan fingerprint density at radius 1 is 1.24 bits per heavy atom. The number of benzene rings is 1. The molecule has 0 aliphatic carbocycles. The number of aromatic amines is 1. The average Bonchev–Trinajstić information content (AvgIpc) is 2.54. The standard InChI is InChI=1S/C15H16N2O4/c1-19-12-4-3-9(7-13(12)20-2)14-16-11-5-6-21-8-10(11)15(18)17-14/h3-4,7H,5-6,8H2,1-2H3,(H,16,17,18). The SMILES string of the molecule is COc1ccc(-c2nc3c(c(=O)[nH]2)COCC3)cc1OC. The molecule has 0 saturated carbocycles. The highest BCUT2D eigenvalue weighted by Gasteiger charge is 2.17. The highest BCUT2D eigenvalue weighted by atomic mass is 16.5. The minimum Gasteiger partial charge on any atom is -0.493 e. The van der Waals surface area contributed by atoms with Gasteiger partial charge in [0, 0.05) is 12.0 Å². The predicted octanol–water partition coefficient (Wildman–Crippen LogP) is 1.53. The van der Waals surface area contributed by atoms with Crippen molar-refractivity contribution in [2.24, 2.45) is 0 Å². The van der Waals surface area contributed by atoms with Crippen molar-refractivity contribution in [3.05, 3.63) is 39.8 Å². The first-order valence-corrected chi connectivity index (χ1v) is 6.65. The summed E-state index contributed by atoms with van der Waals surface area (Å²) < 4.78 is 15.8. The fourth-order valence-corrected chi connectivity index (χ4v) is 2.36. The molecule has 1 aliphatic rings. The Kier molecular flexibility index (Phi) is 3.62. The molecule has 0 amide bonds. The van der Waals surface area contributed by atoms with E-state index in [2.05, 4.69) is 9.97 Å². The normalized spacial score (nSPS) is 13.6. The maximum Gasteiger partial charge on any atom is 0.256 e. The van der Waals surface area contributed by atoms with Crippen molar-refractivity contribution >= 4 is 0 Å². The Morgan fingerprint density at radius 2 is 2.05 bits per heavy atom. The van der Waals surface area contributed by atoms with Crippen LogP contribution in [0.25, 0.3) is 11.4 Å². The van der Waals surface area contributed by atoms with Gasteiger partial charge in [-0.3, -0.25) is 4.79 Å². The summed E-state index contributed by atoms with van der Waals surface area (Å²) in [5, 5.41) is 0. The molecule has 2 heterocycles. The van der Waals surface area contributed by atoms with Crippen LogP contribution in [0.15, 0.2) is 23.0 Å². The Morgan fingerprint density at radius 3 is 2.81 bits per heavy atom. The summed E-state index contributed by atoms with van der Waals surface area (Å²) in [6, 6.07) is 5.42. The maximum atomic E-state index is 12.1. The molecule has 6 nitrogen and oxygen atoms in total. The molecular weight excluding hydrogens is 272 g/mol. The van der Waals surface area contributed by atoms with E-state index in [4.69, 9.17) is 14.2 Å². The van der Waals surface area contributed by atoms with Crippen molar-refractivity contribution in [2.75, 3.05) is 20.8 Å². The zero-order chi connectivity index (χ0) is 14.8. The van der Waals surface area contributed by atoms with Crippen LogP contribution in [0.5, 0.6) is 11.5 Å². The number of aromatic nitrogens is 2. The Labute approximate surface area is 121 Å². The van der Waals surface area contributed by atoms with Gasteiger partial charge in [-0.1, -0.05) is 0 Å². The van der Waals surface area contributed by atoms with Gasteiger partial charge in [-0.2, -0.15) is 0 Å². The molecule has 1 aromatic carbocycles. The van der Waals surface area contributed by atoms with Gasteiger partial charge in [-0.15, -0.1) is 0 Å². The van der Waals surface area contributed by atoms with Crippen molar-refractivity contribution in [3.63, 3.8) is 0 Å². The van der Waals surface area contributed by atoms with Gasteiger partial charge >= 0.3 is 0 Å². The molecule has 1 aliphatic heterocycles. The third-order valence-corrected chi connectivity index (χ3v) is 3.49. The Bertz CT molecular complexity index is 724. The quantitative estimate of drug-likeness (QED) is 0.927. The minimum absolute atomic E-state index is 0.149. The van der Waals surface area contributed by atoms with Crippen LogP contribution < -0.4 is 15.0 Å². The molecule has 3 rings (SSSR count). The van der Waals surface area contributed by atoms with Gasteiger partial charge in [0.2, 0.25) is 0 Å². The van der Waals surface area contributed by atoms with Crippen molar-refractivity contribution in [1.29, 1.82) is 0 Å². The molecule has 0 saturated heterocycles. The second-order valence-corrected chi connectivity index (χ2v) is 4.71. The van der Waals surface area contributed by atoms with Crippen LogP contribution in [0, 0.1) is 0 Å². The van der Waals surface area contributed by atoms with Crippen molar-refractivity contribution in [3.8, 4) is 22.9 Å².